The van der Waals surface area contributed by atoms with Crippen LogP contribution in [0.15, 0.2) is 0 Å². The second kappa shape index (κ2) is 7.56. The number of nitrogens with one attached hydrogen (secondary N) is 1. The standard InChI is InChI=1S/C16H31N3O2/c1-3-18-16(15(17)20)9-5-6-13(12-16)19-10-7-14(8-11-19)21-4-2/h13-14,18H,3-12H2,1-2H3,(H2,17,20). The normalized spacial score (nSPS) is 32.2. The summed E-state index contributed by atoms with van der Waals surface area (Å²) in [5.74, 6) is -0.182. The lowest BCUT2D eigenvalue weighted by atomic mass is 9.77. The molecule has 2 unspecified atom stereocenters. The number of rotatable bonds is 6. The number of likely N-dealkylation sites (N-methyl/N-ethyl adjacent to an activating group) is 1. The first-order valence-electron chi connectivity index (χ1n) is 8.52. The zero-order valence-electron chi connectivity index (χ0n) is 13.6. The third kappa shape index (κ3) is 3.96. The highest BCUT2D eigenvalue weighted by atomic mass is 16.5. The van der Waals surface area contributed by atoms with E-state index in [1.165, 1.54) is 6.42 Å². The summed E-state index contributed by atoms with van der Waals surface area (Å²) in [6.45, 7) is 7.86. The van der Waals surface area contributed by atoms with Crippen LogP contribution in [0.2, 0.25) is 0 Å². The minimum atomic E-state index is -0.492. The van der Waals surface area contributed by atoms with Crippen LogP contribution in [0.4, 0.5) is 0 Å². The SMILES string of the molecule is CCNC1(C(N)=O)CCCC(N2CCC(OCC)CC2)C1. The molecule has 1 amide bonds. The maximum Gasteiger partial charge on any atom is 0.237 e. The highest BCUT2D eigenvalue weighted by Crippen LogP contribution is 2.32. The van der Waals surface area contributed by atoms with Crippen LogP contribution in [0.5, 0.6) is 0 Å². The van der Waals surface area contributed by atoms with E-state index < -0.39 is 5.54 Å². The molecule has 21 heavy (non-hydrogen) atoms. The zero-order valence-corrected chi connectivity index (χ0v) is 13.6. The fourth-order valence-electron chi connectivity index (χ4n) is 4.01. The summed E-state index contributed by atoms with van der Waals surface area (Å²) < 4.78 is 5.72. The fraction of sp³-hybridized carbons (Fsp3) is 0.938. The van der Waals surface area contributed by atoms with Crippen molar-refractivity contribution in [2.45, 2.75) is 70.1 Å². The van der Waals surface area contributed by atoms with Gasteiger partial charge in [-0.25, -0.2) is 0 Å². The van der Waals surface area contributed by atoms with Crippen molar-refractivity contribution in [3.63, 3.8) is 0 Å². The molecule has 2 atom stereocenters. The van der Waals surface area contributed by atoms with Gasteiger partial charge in [0.05, 0.1) is 11.6 Å². The van der Waals surface area contributed by atoms with Gasteiger partial charge < -0.3 is 20.7 Å². The Morgan fingerprint density at radius 2 is 2.05 bits per heavy atom. The molecule has 1 saturated carbocycles. The van der Waals surface area contributed by atoms with Gasteiger partial charge in [-0.3, -0.25) is 4.79 Å². The van der Waals surface area contributed by atoms with Crippen LogP contribution >= 0.6 is 0 Å². The number of hydrogen-bond donors (Lipinski definition) is 2. The first kappa shape index (κ1) is 16.7. The Labute approximate surface area is 128 Å². The molecule has 5 nitrogen and oxygen atoms in total. The molecule has 1 heterocycles. The van der Waals surface area contributed by atoms with Crippen molar-refractivity contribution < 1.29 is 9.53 Å². The summed E-state index contributed by atoms with van der Waals surface area (Å²) in [5.41, 5.74) is 5.21. The maximum absolute atomic E-state index is 12.0. The van der Waals surface area contributed by atoms with Gasteiger partial charge in [0.2, 0.25) is 5.91 Å². The van der Waals surface area contributed by atoms with Gasteiger partial charge in [-0.15, -0.1) is 0 Å². The van der Waals surface area contributed by atoms with E-state index in [-0.39, 0.29) is 5.91 Å². The Morgan fingerprint density at radius 3 is 2.62 bits per heavy atom. The zero-order chi connectivity index (χ0) is 15.3. The van der Waals surface area contributed by atoms with Crippen LogP contribution in [0.3, 0.4) is 0 Å². The Balaban J connectivity index is 1.93. The van der Waals surface area contributed by atoms with Crippen molar-refractivity contribution >= 4 is 5.91 Å². The van der Waals surface area contributed by atoms with Crippen LogP contribution in [0, 0.1) is 0 Å². The number of carbonyl (C=O) groups excluding carboxylic acids is 1. The third-order valence-electron chi connectivity index (χ3n) is 5.11. The van der Waals surface area contributed by atoms with Gasteiger partial charge in [-0.1, -0.05) is 6.92 Å². The number of carbonyl (C=O) groups is 1. The number of hydrogen-bond acceptors (Lipinski definition) is 4. The molecule has 0 radical (unpaired) electrons. The summed E-state index contributed by atoms with van der Waals surface area (Å²) in [6, 6.07) is 0.480. The molecule has 2 rings (SSSR count). The van der Waals surface area contributed by atoms with Crippen molar-refractivity contribution in [2.24, 2.45) is 5.73 Å². The second-order valence-corrected chi connectivity index (χ2v) is 6.42. The van der Waals surface area contributed by atoms with Gasteiger partial charge in [-0.2, -0.15) is 0 Å². The van der Waals surface area contributed by atoms with Gasteiger partial charge in [-0.05, 0) is 52.0 Å². The summed E-state index contributed by atoms with van der Waals surface area (Å²) in [7, 11) is 0. The summed E-state index contributed by atoms with van der Waals surface area (Å²) in [5, 5.41) is 3.37. The van der Waals surface area contributed by atoms with Crippen LogP contribution < -0.4 is 11.1 Å². The number of likely N-dealkylation sites (tertiary alicyclic amines) is 1. The molecule has 0 aromatic rings. The Kier molecular flexibility index (Phi) is 6.02. The Hall–Kier alpha value is -0.650. The molecule has 1 saturated heterocycles. The van der Waals surface area contributed by atoms with Crippen LogP contribution in [0.25, 0.3) is 0 Å². The predicted molar refractivity (Wildman–Crippen MR) is 84.1 cm³/mol. The average Bonchev–Trinajstić information content (AvgIpc) is 2.49. The number of piperidine rings is 1. The van der Waals surface area contributed by atoms with E-state index in [4.69, 9.17) is 10.5 Å². The van der Waals surface area contributed by atoms with Gasteiger partial charge in [0, 0.05) is 25.7 Å². The van der Waals surface area contributed by atoms with Crippen LogP contribution in [-0.2, 0) is 9.53 Å². The quantitative estimate of drug-likeness (QED) is 0.774. The van der Waals surface area contributed by atoms with Crippen molar-refractivity contribution in [3.8, 4) is 0 Å². The summed E-state index contributed by atoms with van der Waals surface area (Å²) in [4.78, 5) is 14.5. The molecule has 0 aromatic carbocycles. The number of nitrogens with zero attached hydrogens (tertiary/aromatic N) is 1. The van der Waals surface area contributed by atoms with E-state index in [2.05, 4.69) is 17.1 Å². The summed E-state index contributed by atoms with van der Waals surface area (Å²) in [6.07, 6.45) is 6.62. The lowest BCUT2D eigenvalue weighted by Gasteiger charge is -2.45. The van der Waals surface area contributed by atoms with Gasteiger partial charge in [0.25, 0.3) is 0 Å². The molecule has 2 aliphatic rings. The van der Waals surface area contributed by atoms with E-state index in [0.29, 0.717) is 12.1 Å². The molecule has 5 heteroatoms. The first-order chi connectivity index (χ1) is 10.1. The van der Waals surface area contributed by atoms with E-state index in [1.807, 2.05) is 6.92 Å². The molecular formula is C16H31N3O2. The topological polar surface area (TPSA) is 67.6 Å². The van der Waals surface area contributed by atoms with Crippen LogP contribution in [-0.4, -0.2) is 54.7 Å². The highest BCUT2D eigenvalue weighted by Gasteiger charge is 2.42. The Bertz CT molecular complexity index is 338. The van der Waals surface area contributed by atoms with Gasteiger partial charge >= 0.3 is 0 Å². The minimum Gasteiger partial charge on any atom is -0.378 e. The smallest absolute Gasteiger partial charge is 0.237 e. The molecule has 3 N–H and O–H groups in total. The molecule has 1 aliphatic heterocycles. The summed E-state index contributed by atoms with van der Waals surface area (Å²) >= 11 is 0. The van der Waals surface area contributed by atoms with Crippen molar-refractivity contribution in [3.05, 3.63) is 0 Å². The molecular weight excluding hydrogens is 266 g/mol. The minimum absolute atomic E-state index is 0.182. The number of nitrogens with two attached hydrogens (primary N) is 1. The van der Waals surface area contributed by atoms with Gasteiger partial charge in [0.1, 0.15) is 0 Å². The third-order valence-corrected chi connectivity index (χ3v) is 5.11. The van der Waals surface area contributed by atoms with Crippen LogP contribution in [0.1, 0.15) is 52.4 Å². The number of amides is 1. The number of primary amides is 1. The lowest BCUT2D eigenvalue weighted by molar-refractivity contribution is -0.127. The van der Waals surface area contributed by atoms with E-state index >= 15 is 0 Å². The van der Waals surface area contributed by atoms with E-state index in [1.54, 1.807) is 0 Å². The molecule has 0 spiro atoms. The first-order valence-corrected chi connectivity index (χ1v) is 8.52. The predicted octanol–water partition coefficient (Wildman–Crippen LogP) is 1.26. The molecule has 0 bridgehead atoms. The lowest BCUT2D eigenvalue weighted by Crippen LogP contribution is -2.61. The highest BCUT2D eigenvalue weighted by molar-refractivity contribution is 5.84. The van der Waals surface area contributed by atoms with Crippen molar-refractivity contribution in [2.75, 3.05) is 26.2 Å². The van der Waals surface area contributed by atoms with Gasteiger partial charge in [0.15, 0.2) is 0 Å². The number of ether oxygens (including phenoxy) is 1. The average molecular weight is 297 g/mol. The van der Waals surface area contributed by atoms with Crippen molar-refractivity contribution in [1.82, 2.24) is 10.2 Å². The molecule has 1 aliphatic carbocycles. The van der Waals surface area contributed by atoms with E-state index in [0.717, 1.165) is 58.3 Å². The molecule has 0 aromatic heterocycles. The monoisotopic (exact) mass is 297 g/mol. The largest absolute Gasteiger partial charge is 0.378 e. The second-order valence-electron chi connectivity index (χ2n) is 6.42. The van der Waals surface area contributed by atoms with Crippen molar-refractivity contribution in [1.29, 1.82) is 0 Å². The Morgan fingerprint density at radius 1 is 1.33 bits per heavy atom. The maximum atomic E-state index is 12.0. The fourth-order valence-corrected chi connectivity index (χ4v) is 4.01. The van der Waals surface area contributed by atoms with E-state index in [9.17, 15) is 4.79 Å². The molecule has 2 fully saturated rings. The molecule has 122 valence electrons.